The van der Waals surface area contributed by atoms with Crippen LogP contribution >= 0.6 is 49.9 Å². The van der Waals surface area contributed by atoms with Crippen LogP contribution in [0, 0.1) is 10.5 Å². The molecule has 0 saturated heterocycles. The molecule has 0 atom stereocenters. The number of benzene rings is 1. The Morgan fingerprint density at radius 3 is 2.95 bits per heavy atom. The molecular formula is C15H16BrIN2OS. The van der Waals surface area contributed by atoms with Gasteiger partial charge in [-0.25, -0.2) is 4.98 Å². The number of carbonyl (C=O) groups excluding carboxylic acids is 1. The van der Waals surface area contributed by atoms with E-state index in [2.05, 4.69) is 54.2 Å². The number of aromatic nitrogens is 1. The van der Waals surface area contributed by atoms with E-state index in [0.717, 1.165) is 38.6 Å². The minimum absolute atomic E-state index is 0.00852. The lowest BCUT2D eigenvalue weighted by Crippen LogP contribution is -2.25. The van der Waals surface area contributed by atoms with E-state index >= 15 is 0 Å². The number of thiazole rings is 1. The summed E-state index contributed by atoms with van der Waals surface area (Å²) in [6.45, 7) is 2.71. The summed E-state index contributed by atoms with van der Waals surface area (Å²) in [6, 6.07) is 5.73. The second kappa shape index (κ2) is 8.24. The summed E-state index contributed by atoms with van der Waals surface area (Å²) in [5.41, 5.74) is 1.81. The van der Waals surface area contributed by atoms with E-state index in [1.165, 1.54) is 5.01 Å². The maximum Gasteiger partial charge on any atom is 0.252 e. The smallest absolute Gasteiger partial charge is 0.252 e. The molecular weight excluding hydrogens is 463 g/mol. The molecule has 2 rings (SSSR count). The second-order valence-corrected chi connectivity index (χ2v) is 7.74. The highest BCUT2D eigenvalue weighted by Gasteiger charge is 2.09. The molecule has 1 amide bonds. The zero-order valence-corrected chi connectivity index (χ0v) is 16.2. The SMILES string of the molecule is Cc1csc(CCCCNC(=O)c2cc(Br)ccc2I)n1. The Bertz CT molecular complexity index is 630. The Morgan fingerprint density at radius 1 is 1.43 bits per heavy atom. The van der Waals surface area contributed by atoms with Crippen molar-refractivity contribution in [3.05, 3.63) is 47.9 Å². The molecule has 112 valence electrons. The molecule has 0 radical (unpaired) electrons. The molecule has 1 aromatic carbocycles. The third-order valence-corrected chi connectivity index (χ3v) is 5.40. The predicted octanol–water partition coefficient (Wildman–Crippen LogP) is 4.57. The van der Waals surface area contributed by atoms with E-state index in [4.69, 9.17) is 0 Å². The zero-order chi connectivity index (χ0) is 15.2. The Labute approximate surface area is 150 Å². The number of amides is 1. The van der Waals surface area contributed by atoms with Crippen molar-refractivity contribution < 1.29 is 4.79 Å². The molecule has 3 nitrogen and oxygen atoms in total. The summed E-state index contributed by atoms with van der Waals surface area (Å²) in [7, 11) is 0. The highest BCUT2D eigenvalue weighted by Crippen LogP contribution is 2.18. The number of aryl methyl sites for hydroxylation is 2. The third-order valence-electron chi connectivity index (χ3n) is 2.94. The number of carbonyl (C=O) groups is 1. The van der Waals surface area contributed by atoms with Crippen molar-refractivity contribution in [2.45, 2.75) is 26.2 Å². The van der Waals surface area contributed by atoms with Crippen molar-refractivity contribution in [2.24, 2.45) is 0 Å². The standard InChI is InChI=1S/C15H16BrIN2OS/c1-10-9-21-14(19-10)4-2-3-7-18-15(20)12-8-11(16)5-6-13(12)17/h5-6,8-9H,2-4,7H2,1H3,(H,18,20). The van der Waals surface area contributed by atoms with Crippen LogP contribution in [0.5, 0.6) is 0 Å². The van der Waals surface area contributed by atoms with Gasteiger partial charge >= 0.3 is 0 Å². The molecule has 0 spiro atoms. The number of hydrogen-bond acceptors (Lipinski definition) is 3. The van der Waals surface area contributed by atoms with E-state index in [0.29, 0.717) is 6.54 Å². The molecule has 0 aliphatic rings. The summed E-state index contributed by atoms with van der Waals surface area (Å²) in [6.07, 6.45) is 3.00. The number of rotatable bonds is 6. The molecule has 0 aliphatic carbocycles. The van der Waals surface area contributed by atoms with Crippen LogP contribution in [-0.4, -0.2) is 17.4 Å². The molecule has 1 heterocycles. The summed E-state index contributed by atoms with van der Waals surface area (Å²) in [5, 5.41) is 6.23. The van der Waals surface area contributed by atoms with Gasteiger partial charge in [-0.05, 0) is 67.0 Å². The fourth-order valence-electron chi connectivity index (χ4n) is 1.89. The maximum atomic E-state index is 12.1. The van der Waals surface area contributed by atoms with Crippen LogP contribution < -0.4 is 5.32 Å². The highest BCUT2D eigenvalue weighted by molar-refractivity contribution is 14.1. The van der Waals surface area contributed by atoms with Gasteiger partial charge in [0, 0.05) is 25.7 Å². The molecule has 1 aromatic heterocycles. The molecule has 1 N–H and O–H groups in total. The van der Waals surface area contributed by atoms with Crippen LogP contribution in [0.15, 0.2) is 28.1 Å². The van der Waals surface area contributed by atoms with Crippen LogP contribution in [0.1, 0.15) is 33.9 Å². The number of nitrogens with one attached hydrogen (secondary N) is 1. The lowest BCUT2D eigenvalue weighted by atomic mass is 10.2. The number of halogens is 2. The van der Waals surface area contributed by atoms with E-state index in [9.17, 15) is 4.79 Å². The molecule has 6 heteroatoms. The first-order valence-corrected chi connectivity index (χ1v) is 9.45. The quantitative estimate of drug-likeness (QED) is 0.488. The van der Waals surface area contributed by atoms with E-state index in [1.807, 2.05) is 25.1 Å². The summed E-state index contributed by atoms with van der Waals surface area (Å²) in [5.74, 6) is -0.00852. The minimum atomic E-state index is -0.00852. The highest BCUT2D eigenvalue weighted by atomic mass is 127. The molecule has 0 unspecified atom stereocenters. The van der Waals surface area contributed by atoms with Crippen molar-refractivity contribution in [3.8, 4) is 0 Å². The monoisotopic (exact) mass is 478 g/mol. The van der Waals surface area contributed by atoms with E-state index in [1.54, 1.807) is 11.3 Å². The maximum absolute atomic E-state index is 12.1. The first kappa shape index (κ1) is 16.9. The van der Waals surface area contributed by atoms with Gasteiger partial charge in [-0.3, -0.25) is 4.79 Å². The molecule has 0 fully saturated rings. The first-order valence-electron chi connectivity index (χ1n) is 6.70. The fourth-order valence-corrected chi connectivity index (χ4v) is 3.65. The number of unbranched alkanes of at least 4 members (excludes halogenated alkanes) is 1. The van der Waals surface area contributed by atoms with Gasteiger partial charge in [0.1, 0.15) is 0 Å². The van der Waals surface area contributed by atoms with Crippen LogP contribution in [0.2, 0.25) is 0 Å². The molecule has 2 aromatic rings. The number of hydrogen-bond donors (Lipinski definition) is 1. The molecule has 21 heavy (non-hydrogen) atoms. The lowest BCUT2D eigenvalue weighted by Gasteiger charge is -2.07. The van der Waals surface area contributed by atoms with Gasteiger partial charge in [0.05, 0.1) is 10.6 Å². The predicted molar refractivity (Wildman–Crippen MR) is 99.0 cm³/mol. The Morgan fingerprint density at radius 2 is 2.24 bits per heavy atom. The topological polar surface area (TPSA) is 42.0 Å². The van der Waals surface area contributed by atoms with Gasteiger partial charge in [-0.2, -0.15) is 0 Å². The van der Waals surface area contributed by atoms with Gasteiger partial charge in [-0.1, -0.05) is 15.9 Å². The third kappa shape index (κ3) is 5.34. The van der Waals surface area contributed by atoms with Gasteiger partial charge in [0.15, 0.2) is 0 Å². The van der Waals surface area contributed by atoms with Gasteiger partial charge in [-0.15, -0.1) is 11.3 Å². The Hall–Kier alpha value is -0.470. The van der Waals surface area contributed by atoms with Crippen LogP contribution in [0.25, 0.3) is 0 Å². The van der Waals surface area contributed by atoms with E-state index < -0.39 is 0 Å². The van der Waals surface area contributed by atoms with Gasteiger partial charge < -0.3 is 5.32 Å². The van der Waals surface area contributed by atoms with Crippen LogP contribution in [-0.2, 0) is 6.42 Å². The molecule has 0 bridgehead atoms. The average Bonchev–Trinajstić information content (AvgIpc) is 2.86. The minimum Gasteiger partial charge on any atom is -0.352 e. The molecule has 0 saturated carbocycles. The van der Waals surface area contributed by atoms with E-state index in [-0.39, 0.29) is 5.91 Å². The average molecular weight is 479 g/mol. The fraction of sp³-hybridized carbons (Fsp3) is 0.333. The van der Waals surface area contributed by atoms with Crippen molar-refractivity contribution in [3.63, 3.8) is 0 Å². The largest absolute Gasteiger partial charge is 0.352 e. The summed E-state index contributed by atoms with van der Waals surface area (Å²) >= 11 is 7.29. The first-order chi connectivity index (χ1) is 10.1. The number of nitrogens with zero attached hydrogens (tertiary/aromatic N) is 1. The second-order valence-electron chi connectivity index (χ2n) is 4.72. The van der Waals surface area contributed by atoms with Crippen molar-refractivity contribution >= 4 is 55.8 Å². The lowest BCUT2D eigenvalue weighted by molar-refractivity contribution is 0.0952. The van der Waals surface area contributed by atoms with Crippen LogP contribution in [0.4, 0.5) is 0 Å². The van der Waals surface area contributed by atoms with Crippen molar-refractivity contribution in [1.82, 2.24) is 10.3 Å². The normalized spacial score (nSPS) is 10.6. The Kier molecular flexibility index (Phi) is 6.63. The van der Waals surface area contributed by atoms with Gasteiger partial charge in [0.2, 0.25) is 0 Å². The summed E-state index contributed by atoms with van der Waals surface area (Å²) in [4.78, 5) is 16.5. The van der Waals surface area contributed by atoms with Gasteiger partial charge in [0.25, 0.3) is 5.91 Å². The van der Waals surface area contributed by atoms with Crippen LogP contribution in [0.3, 0.4) is 0 Å². The molecule has 0 aliphatic heterocycles. The van der Waals surface area contributed by atoms with Crippen molar-refractivity contribution in [1.29, 1.82) is 0 Å². The Balaban J connectivity index is 1.73. The van der Waals surface area contributed by atoms with Crippen molar-refractivity contribution in [2.75, 3.05) is 6.54 Å². The summed E-state index contributed by atoms with van der Waals surface area (Å²) < 4.78 is 1.89. The zero-order valence-electron chi connectivity index (χ0n) is 11.7.